The monoisotopic (exact) mass is 729 g/mol. The number of rotatable bonds is 16. The second-order valence-electron chi connectivity index (χ2n) is 16.2. The third kappa shape index (κ3) is 8.68. The van der Waals surface area contributed by atoms with Crippen molar-refractivity contribution in [1.29, 1.82) is 0 Å². The summed E-state index contributed by atoms with van der Waals surface area (Å²) >= 11 is 7.76. The minimum absolute atomic E-state index is 0.0680. The van der Waals surface area contributed by atoms with Gasteiger partial charge in [-0.25, -0.2) is 4.79 Å². The van der Waals surface area contributed by atoms with Crippen LogP contribution in [-0.2, 0) is 28.1 Å². The van der Waals surface area contributed by atoms with Crippen LogP contribution in [0, 0.1) is 11.8 Å². The minimum atomic E-state index is -0.326. The molecule has 4 heterocycles. The van der Waals surface area contributed by atoms with Crippen molar-refractivity contribution in [3.05, 3.63) is 35.2 Å². The number of phenolic OH excluding ortho intramolecular Hbond substituents is 1. The molecule has 1 aromatic carbocycles. The number of benzene rings is 1. The van der Waals surface area contributed by atoms with Crippen molar-refractivity contribution in [2.24, 2.45) is 11.8 Å². The number of esters is 1. The number of unbranched alkanes of at least 4 members (excludes halogenated alkanes) is 4. The molecule has 1 saturated carbocycles. The summed E-state index contributed by atoms with van der Waals surface area (Å²) in [6, 6.07) is 4.53. The van der Waals surface area contributed by atoms with Crippen LogP contribution in [-0.4, -0.2) is 66.7 Å². The number of thioether (sulfide) groups is 1. The van der Waals surface area contributed by atoms with Gasteiger partial charge >= 0.3 is 12.0 Å². The molecule has 3 N–H and O–H groups in total. The van der Waals surface area contributed by atoms with Crippen LogP contribution in [0.4, 0.5) is 4.79 Å². The number of halogens is 1. The highest BCUT2D eigenvalue weighted by Gasteiger charge is 2.48. The molecular formula is C38H56ClN5O5S. The summed E-state index contributed by atoms with van der Waals surface area (Å²) in [5, 5.41) is 26.6. The molecule has 0 radical (unpaired) electrons. The fourth-order valence-electron chi connectivity index (χ4n) is 8.80. The van der Waals surface area contributed by atoms with Crippen molar-refractivity contribution in [2.45, 2.75) is 152 Å². The average molecular weight is 730 g/mol. The molecule has 276 valence electrons. The second kappa shape index (κ2) is 15.9. The largest absolute Gasteiger partial charge is 0.508 e. The first kappa shape index (κ1) is 37.1. The SMILES string of the molecule is CC(C)(CCCCCCCl)c1cc(O)c2c(c1)OC(C)(C)[C@@H]1CC[C@@H](Cn3cc(COC(=O)CCCC[C@@H]4SC[C@@H]5NC(=O)N[C@@H]54)nn3)C[C@@H]21. The summed E-state index contributed by atoms with van der Waals surface area (Å²) in [4.78, 5) is 24.0. The van der Waals surface area contributed by atoms with Crippen molar-refractivity contribution < 1.29 is 24.2 Å². The van der Waals surface area contributed by atoms with Gasteiger partial charge < -0.3 is 25.2 Å². The third-order valence-corrected chi connectivity index (χ3v) is 13.4. The maximum Gasteiger partial charge on any atom is 0.315 e. The van der Waals surface area contributed by atoms with Gasteiger partial charge in [-0.3, -0.25) is 9.48 Å². The lowest BCUT2D eigenvalue weighted by molar-refractivity contribution is -0.145. The number of amides is 2. The van der Waals surface area contributed by atoms with E-state index >= 15 is 0 Å². The van der Waals surface area contributed by atoms with Gasteiger partial charge in [0, 0.05) is 41.3 Å². The Bertz CT molecular complexity index is 1500. The summed E-state index contributed by atoms with van der Waals surface area (Å²) in [6.45, 7) is 9.77. The zero-order valence-electron chi connectivity index (χ0n) is 30.2. The average Bonchev–Trinajstić information content (AvgIpc) is 3.77. The molecule has 50 heavy (non-hydrogen) atoms. The Balaban J connectivity index is 0.990. The third-order valence-electron chi connectivity index (χ3n) is 11.7. The number of nitrogens with one attached hydrogen (secondary N) is 2. The number of hydrogen-bond donors (Lipinski definition) is 3. The van der Waals surface area contributed by atoms with E-state index in [2.05, 4.69) is 54.7 Å². The van der Waals surface area contributed by atoms with E-state index < -0.39 is 0 Å². The van der Waals surface area contributed by atoms with Gasteiger partial charge in [-0.15, -0.1) is 16.7 Å². The van der Waals surface area contributed by atoms with Crippen LogP contribution in [0.25, 0.3) is 0 Å². The molecule has 6 rings (SSSR count). The van der Waals surface area contributed by atoms with Crippen molar-refractivity contribution in [2.75, 3.05) is 11.6 Å². The minimum Gasteiger partial charge on any atom is -0.508 e. The molecule has 2 amide bonds. The standard InChI is InChI=1S/C38H56ClN5O5S/c1-37(2,15-9-5-6-10-16-39)25-18-30(45)34-27-17-24(13-14-28(27)38(3,4)49-31(34)19-25)20-44-21-26(42-43-44)22-48-33(46)12-8-7-11-32-35-29(23-50-32)40-36(47)41-35/h18-19,21,24,27-29,32,35,45H,5-17,20,22-23H2,1-4H3,(H2,40,41,47)/t24-,27-,28-,29+,32+,35+/m1/s1. The lowest BCUT2D eigenvalue weighted by Gasteiger charge is -2.49. The Kier molecular flexibility index (Phi) is 11.8. The predicted molar refractivity (Wildman–Crippen MR) is 197 cm³/mol. The van der Waals surface area contributed by atoms with E-state index in [0.29, 0.717) is 35.0 Å². The molecule has 4 aliphatic rings. The van der Waals surface area contributed by atoms with Crippen molar-refractivity contribution in [1.82, 2.24) is 25.6 Å². The fraction of sp³-hybridized carbons (Fsp3) is 0.737. The molecule has 1 aromatic heterocycles. The highest BCUT2D eigenvalue weighted by molar-refractivity contribution is 8.00. The number of carbonyl (C=O) groups excluding carboxylic acids is 2. The number of alkyl halides is 1. The molecule has 3 aliphatic heterocycles. The first-order valence-corrected chi connectivity index (χ1v) is 20.4. The molecule has 12 heteroatoms. The summed E-state index contributed by atoms with van der Waals surface area (Å²) in [6.07, 6.45) is 13.5. The zero-order chi connectivity index (χ0) is 35.5. The topological polar surface area (TPSA) is 128 Å². The number of ether oxygens (including phenoxy) is 2. The van der Waals surface area contributed by atoms with E-state index in [1.165, 1.54) is 6.42 Å². The summed E-state index contributed by atoms with van der Waals surface area (Å²) < 4.78 is 14.1. The van der Waals surface area contributed by atoms with Gasteiger partial charge in [0.25, 0.3) is 0 Å². The quantitative estimate of drug-likeness (QED) is 0.0698. The van der Waals surface area contributed by atoms with E-state index in [4.69, 9.17) is 21.1 Å². The Labute approximate surface area is 306 Å². The van der Waals surface area contributed by atoms with E-state index in [0.717, 1.165) is 99.3 Å². The molecule has 0 bridgehead atoms. The highest BCUT2D eigenvalue weighted by atomic mass is 35.5. The molecule has 6 atom stereocenters. The predicted octanol–water partition coefficient (Wildman–Crippen LogP) is 7.59. The lowest BCUT2D eigenvalue weighted by Crippen LogP contribution is -2.47. The Morgan fingerprint density at radius 1 is 1.16 bits per heavy atom. The first-order chi connectivity index (χ1) is 23.9. The Morgan fingerprint density at radius 2 is 1.98 bits per heavy atom. The van der Waals surface area contributed by atoms with E-state index in [1.54, 1.807) is 0 Å². The van der Waals surface area contributed by atoms with Crippen LogP contribution in [0.2, 0.25) is 0 Å². The number of phenols is 1. The molecule has 0 unspecified atom stereocenters. The summed E-state index contributed by atoms with van der Waals surface area (Å²) in [5.74, 6) is 3.53. The van der Waals surface area contributed by atoms with Gasteiger partial charge in [-0.05, 0) is 93.7 Å². The number of hydrogen-bond acceptors (Lipinski definition) is 8. The first-order valence-electron chi connectivity index (χ1n) is 18.8. The van der Waals surface area contributed by atoms with Gasteiger partial charge in [-0.1, -0.05) is 44.7 Å². The molecule has 0 spiro atoms. The number of nitrogens with zero attached hydrogens (tertiary/aromatic N) is 3. The van der Waals surface area contributed by atoms with Crippen LogP contribution >= 0.6 is 23.4 Å². The Hall–Kier alpha value is -2.66. The zero-order valence-corrected chi connectivity index (χ0v) is 31.8. The highest BCUT2D eigenvalue weighted by Crippen LogP contribution is 2.56. The van der Waals surface area contributed by atoms with Crippen molar-refractivity contribution in [3.63, 3.8) is 0 Å². The van der Waals surface area contributed by atoms with Crippen LogP contribution in [0.15, 0.2) is 18.3 Å². The number of aromatic nitrogens is 3. The fourth-order valence-corrected chi connectivity index (χ4v) is 10.5. The van der Waals surface area contributed by atoms with E-state index in [1.807, 2.05) is 28.7 Å². The lowest BCUT2D eigenvalue weighted by atomic mass is 9.63. The molecule has 1 aliphatic carbocycles. The van der Waals surface area contributed by atoms with Crippen LogP contribution in [0.5, 0.6) is 11.5 Å². The number of urea groups is 1. The number of carbonyl (C=O) groups is 2. The van der Waals surface area contributed by atoms with Gasteiger partial charge in [0.2, 0.25) is 0 Å². The van der Waals surface area contributed by atoms with Crippen LogP contribution < -0.4 is 15.4 Å². The number of aromatic hydroxyl groups is 1. The summed E-state index contributed by atoms with van der Waals surface area (Å²) in [5.41, 5.74) is 2.34. The van der Waals surface area contributed by atoms with Gasteiger partial charge in [0.15, 0.2) is 0 Å². The Morgan fingerprint density at radius 3 is 2.80 bits per heavy atom. The van der Waals surface area contributed by atoms with Crippen molar-refractivity contribution in [3.8, 4) is 11.5 Å². The van der Waals surface area contributed by atoms with Gasteiger partial charge in [0.05, 0.1) is 18.3 Å². The van der Waals surface area contributed by atoms with Crippen LogP contribution in [0.1, 0.15) is 127 Å². The van der Waals surface area contributed by atoms with E-state index in [-0.39, 0.29) is 47.6 Å². The maximum absolute atomic E-state index is 12.4. The molecule has 2 saturated heterocycles. The smallest absolute Gasteiger partial charge is 0.315 e. The normalized spacial score (nSPS) is 26.7. The molecule has 3 fully saturated rings. The summed E-state index contributed by atoms with van der Waals surface area (Å²) in [7, 11) is 0. The second-order valence-corrected chi connectivity index (χ2v) is 17.9. The number of fused-ring (bicyclic) bond motifs is 4. The van der Waals surface area contributed by atoms with Gasteiger partial charge in [0.1, 0.15) is 29.4 Å². The van der Waals surface area contributed by atoms with Gasteiger partial charge in [-0.2, -0.15) is 11.8 Å². The van der Waals surface area contributed by atoms with Crippen LogP contribution in [0.3, 0.4) is 0 Å². The maximum atomic E-state index is 12.4. The van der Waals surface area contributed by atoms with Crippen molar-refractivity contribution >= 4 is 35.4 Å². The molecule has 2 aromatic rings. The molecular weight excluding hydrogens is 674 g/mol. The van der Waals surface area contributed by atoms with E-state index in [9.17, 15) is 14.7 Å². The molecule has 10 nitrogen and oxygen atoms in total.